The molecule has 0 aromatic carbocycles. The molecule has 1 fully saturated rings. The Bertz CT molecular complexity index is 581. The molecule has 1 amide bonds. The van der Waals surface area contributed by atoms with Gasteiger partial charge in [-0.2, -0.15) is 0 Å². The molecular formula is C13H20N6O5. The third kappa shape index (κ3) is 2.86. The van der Waals surface area contributed by atoms with Gasteiger partial charge in [-0.1, -0.05) is 6.92 Å². The molecule has 3 aliphatic heterocycles. The molecule has 6 atom stereocenters. The van der Waals surface area contributed by atoms with Crippen molar-refractivity contribution in [3.63, 3.8) is 0 Å². The molecule has 0 radical (unpaired) electrons. The van der Waals surface area contributed by atoms with Crippen LogP contribution < -0.4 is 10.9 Å². The number of hydrogen-bond donors (Lipinski definition) is 5. The average Bonchev–Trinajstić information content (AvgIpc) is 3.15. The van der Waals surface area contributed by atoms with E-state index in [-0.39, 0.29) is 5.91 Å². The zero-order valence-corrected chi connectivity index (χ0v) is 13.0. The molecule has 2 unspecified atom stereocenters. The van der Waals surface area contributed by atoms with Gasteiger partial charge in [0.2, 0.25) is 5.91 Å². The highest BCUT2D eigenvalue weighted by molar-refractivity contribution is 5.98. The SMILES string of the molecule is CCC(=O)NNC1=NC=NC2C1N=CN2[C@@H]1O[C@H](CO)[C@@H](O)[C@H]1O. The van der Waals surface area contributed by atoms with Gasteiger partial charge in [-0.25, -0.2) is 9.98 Å². The van der Waals surface area contributed by atoms with Crippen molar-refractivity contribution in [1.82, 2.24) is 15.8 Å². The summed E-state index contributed by atoms with van der Waals surface area (Å²) in [6.07, 6.45) is -1.61. The standard InChI is InChI=1S/C13H20N6O5/c1-2-7(21)17-18-11-8-12(15-4-14-11)19(5-16-8)13-10(23)9(22)6(3-20)24-13/h4-6,8-10,12-13,20,22-23H,2-3H2,1H3,(H,17,21)(H,14,15,18)/t6-,8?,9-,10-,12?,13-/m1/s1. The van der Waals surface area contributed by atoms with E-state index in [4.69, 9.17) is 4.74 Å². The Hall–Kier alpha value is -2.08. The number of nitrogens with zero attached hydrogens (tertiary/aromatic N) is 4. The largest absolute Gasteiger partial charge is 0.394 e. The summed E-state index contributed by atoms with van der Waals surface area (Å²) in [5.74, 6) is 0.210. The third-order valence-electron chi connectivity index (χ3n) is 4.11. The van der Waals surface area contributed by atoms with Crippen LogP contribution in [0.5, 0.6) is 0 Å². The Kier molecular flexibility index (Phi) is 4.76. The van der Waals surface area contributed by atoms with E-state index in [0.29, 0.717) is 12.3 Å². The van der Waals surface area contributed by atoms with Crippen molar-refractivity contribution >= 4 is 24.4 Å². The van der Waals surface area contributed by atoms with Crippen molar-refractivity contribution in [2.75, 3.05) is 6.61 Å². The van der Waals surface area contributed by atoms with Crippen LogP contribution in [0.4, 0.5) is 0 Å². The lowest BCUT2D eigenvalue weighted by atomic mass is 10.1. The van der Waals surface area contributed by atoms with Crippen molar-refractivity contribution in [3.05, 3.63) is 0 Å². The fourth-order valence-electron chi connectivity index (χ4n) is 2.74. The van der Waals surface area contributed by atoms with Crippen molar-refractivity contribution < 1.29 is 24.9 Å². The van der Waals surface area contributed by atoms with Crippen LogP contribution in [0.1, 0.15) is 13.3 Å². The smallest absolute Gasteiger partial charge is 0.238 e. The van der Waals surface area contributed by atoms with E-state index in [1.54, 1.807) is 11.8 Å². The Morgan fingerprint density at radius 1 is 1.38 bits per heavy atom. The minimum Gasteiger partial charge on any atom is -0.394 e. The molecule has 11 heteroatoms. The molecule has 0 aromatic heterocycles. The number of aliphatic hydroxyl groups is 3. The normalized spacial score (nSPS) is 37.3. The zero-order valence-electron chi connectivity index (χ0n) is 13.0. The summed E-state index contributed by atoms with van der Waals surface area (Å²) in [7, 11) is 0. The van der Waals surface area contributed by atoms with Gasteiger partial charge in [0.1, 0.15) is 24.7 Å². The molecule has 132 valence electrons. The Labute approximate surface area is 137 Å². The predicted molar refractivity (Wildman–Crippen MR) is 83.2 cm³/mol. The molecule has 0 bridgehead atoms. The Balaban J connectivity index is 1.69. The lowest BCUT2D eigenvalue weighted by Crippen LogP contribution is -2.54. The number of hydrogen-bond acceptors (Lipinski definition) is 10. The first kappa shape index (κ1) is 16.8. The lowest BCUT2D eigenvalue weighted by molar-refractivity contribution is -0.121. The molecule has 1 saturated heterocycles. The first-order valence-corrected chi connectivity index (χ1v) is 7.64. The fraction of sp³-hybridized carbons (Fsp3) is 0.692. The van der Waals surface area contributed by atoms with E-state index in [1.165, 1.54) is 12.7 Å². The van der Waals surface area contributed by atoms with Crippen LogP contribution in [0.2, 0.25) is 0 Å². The van der Waals surface area contributed by atoms with Gasteiger partial charge in [-0.15, -0.1) is 0 Å². The second-order valence-corrected chi connectivity index (χ2v) is 5.60. The summed E-state index contributed by atoms with van der Waals surface area (Å²) in [4.78, 5) is 25.5. The van der Waals surface area contributed by atoms with E-state index in [9.17, 15) is 20.1 Å². The van der Waals surface area contributed by atoms with E-state index in [0.717, 1.165) is 0 Å². The molecule has 11 nitrogen and oxygen atoms in total. The molecule has 24 heavy (non-hydrogen) atoms. The van der Waals surface area contributed by atoms with E-state index < -0.39 is 43.4 Å². The number of carbonyl (C=O) groups is 1. The minimum atomic E-state index is -1.21. The quantitative estimate of drug-likeness (QED) is 0.342. The van der Waals surface area contributed by atoms with Crippen LogP contribution in [0.25, 0.3) is 0 Å². The maximum Gasteiger partial charge on any atom is 0.238 e. The summed E-state index contributed by atoms with van der Waals surface area (Å²) in [6, 6.07) is -0.506. The Morgan fingerprint density at radius 2 is 2.17 bits per heavy atom. The van der Waals surface area contributed by atoms with Crippen molar-refractivity contribution in [1.29, 1.82) is 0 Å². The number of amides is 1. The van der Waals surface area contributed by atoms with Crippen molar-refractivity contribution in [2.45, 2.75) is 50.1 Å². The molecule has 0 spiro atoms. The van der Waals surface area contributed by atoms with E-state index >= 15 is 0 Å². The number of nitrogens with one attached hydrogen (secondary N) is 2. The highest BCUT2D eigenvalue weighted by Gasteiger charge is 2.49. The second-order valence-electron chi connectivity index (χ2n) is 5.60. The summed E-state index contributed by atoms with van der Waals surface area (Å²) in [5.41, 5.74) is 5.22. The van der Waals surface area contributed by atoms with E-state index in [2.05, 4.69) is 25.8 Å². The minimum absolute atomic E-state index is 0.195. The number of carbonyl (C=O) groups excluding carboxylic acids is 1. The van der Waals surface area contributed by atoms with Gasteiger partial charge in [0.05, 0.1) is 12.9 Å². The summed E-state index contributed by atoms with van der Waals surface area (Å²) in [5, 5.41) is 29.2. The topological polar surface area (TPSA) is 151 Å². The van der Waals surface area contributed by atoms with Crippen LogP contribution in [0.3, 0.4) is 0 Å². The lowest BCUT2D eigenvalue weighted by Gasteiger charge is -2.32. The number of fused-ring (bicyclic) bond motifs is 1. The maximum atomic E-state index is 11.4. The number of rotatable bonds is 3. The van der Waals surface area contributed by atoms with Crippen LogP contribution in [-0.4, -0.2) is 88.0 Å². The highest BCUT2D eigenvalue weighted by Crippen LogP contribution is 2.29. The predicted octanol–water partition coefficient (Wildman–Crippen LogP) is -3.06. The van der Waals surface area contributed by atoms with Gasteiger partial charge in [0, 0.05) is 6.42 Å². The Morgan fingerprint density at radius 3 is 2.83 bits per heavy atom. The number of amidine groups is 1. The zero-order chi connectivity index (χ0) is 17.3. The van der Waals surface area contributed by atoms with Gasteiger partial charge in [-0.3, -0.25) is 20.6 Å². The van der Waals surface area contributed by atoms with Gasteiger partial charge < -0.3 is 25.0 Å². The van der Waals surface area contributed by atoms with Crippen molar-refractivity contribution in [2.24, 2.45) is 15.0 Å². The maximum absolute atomic E-state index is 11.4. The number of ether oxygens (including phenoxy) is 1. The average molecular weight is 340 g/mol. The monoisotopic (exact) mass is 340 g/mol. The molecule has 0 aromatic rings. The van der Waals surface area contributed by atoms with Crippen LogP contribution in [0.15, 0.2) is 15.0 Å². The van der Waals surface area contributed by atoms with Crippen LogP contribution in [0, 0.1) is 0 Å². The molecular weight excluding hydrogens is 320 g/mol. The summed E-state index contributed by atoms with van der Waals surface area (Å²) in [6.45, 7) is 1.31. The summed E-state index contributed by atoms with van der Waals surface area (Å²) >= 11 is 0. The molecule has 3 rings (SSSR count). The van der Waals surface area contributed by atoms with Gasteiger partial charge in [-0.05, 0) is 0 Å². The molecule has 3 aliphatic rings. The first-order valence-electron chi connectivity index (χ1n) is 7.64. The van der Waals surface area contributed by atoms with E-state index in [1.807, 2.05) is 0 Å². The summed E-state index contributed by atoms with van der Waals surface area (Å²) < 4.78 is 5.50. The third-order valence-corrected chi connectivity index (χ3v) is 4.11. The molecule has 0 saturated carbocycles. The molecule has 3 heterocycles. The molecule has 0 aliphatic carbocycles. The van der Waals surface area contributed by atoms with Crippen molar-refractivity contribution in [3.8, 4) is 0 Å². The second kappa shape index (κ2) is 6.81. The van der Waals surface area contributed by atoms with Gasteiger partial charge >= 0.3 is 0 Å². The van der Waals surface area contributed by atoms with Crippen LogP contribution >= 0.6 is 0 Å². The van der Waals surface area contributed by atoms with Gasteiger partial charge in [0.15, 0.2) is 24.3 Å². The first-order chi connectivity index (χ1) is 11.6. The van der Waals surface area contributed by atoms with Gasteiger partial charge in [0.25, 0.3) is 0 Å². The fourth-order valence-corrected chi connectivity index (χ4v) is 2.74. The number of aliphatic hydroxyl groups excluding tert-OH is 3. The highest BCUT2D eigenvalue weighted by atomic mass is 16.6. The number of hydrazine groups is 1. The number of aliphatic imine (C=N–C) groups is 3. The van der Waals surface area contributed by atoms with Crippen LogP contribution in [-0.2, 0) is 9.53 Å². The molecule has 5 N–H and O–H groups in total.